The van der Waals surface area contributed by atoms with Crippen molar-refractivity contribution in [3.05, 3.63) is 87.0 Å². The van der Waals surface area contributed by atoms with Crippen LogP contribution >= 0.6 is 24.0 Å². The Morgan fingerprint density at radius 1 is 1.19 bits per heavy atom. The third kappa shape index (κ3) is 4.18. The summed E-state index contributed by atoms with van der Waals surface area (Å²) in [6, 6.07) is 15.9. The first-order valence-electron chi connectivity index (χ1n) is 9.18. The summed E-state index contributed by atoms with van der Waals surface area (Å²) in [5.74, 6) is 0.182. The second-order valence-electron chi connectivity index (χ2n) is 6.57. The van der Waals surface area contributed by atoms with Gasteiger partial charge in [-0.3, -0.25) is 19.8 Å². The SMILES string of the molecule is COC(=O)c1ccc(-c2ccc(/C=C3/SC(=S)N(c4cccc([N+](=O)[O-])c4)C3=O)o2)cc1. The second kappa shape index (κ2) is 8.77. The molecule has 0 saturated carbocycles. The smallest absolute Gasteiger partial charge is 0.337 e. The first-order valence-corrected chi connectivity index (χ1v) is 10.4. The standard InChI is InChI=1S/C22H14N2O6S2/c1-29-21(26)14-7-5-13(6-8-14)18-10-9-17(30-18)12-19-20(25)23(22(31)32-19)15-3-2-4-16(11-15)24(27)28/h2-12H,1H3/b19-12+. The second-order valence-corrected chi connectivity index (χ2v) is 8.24. The van der Waals surface area contributed by atoms with Gasteiger partial charge in [-0.1, -0.05) is 42.2 Å². The molecule has 1 fully saturated rings. The quantitative estimate of drug-likeness (QED) is 0.169. The Labute approximate surface area is 191 Å². The third-order valence-electron chi connectivity index (χ3n) is 4.58. The molecule has 0 N–H and O–H groups in total. The van der Waals surface area contributed by atoms with E-state index < -0.39 is 10.9 Å². The third-order valence-corrected chi connectivity index (χ3v) is 5.89. The molecule has 32 heavy (non-hydrogen) atoms. The summed E-state index contributed by atoms with van der Waals surface area (Å²) in [7, 11) is 1.32. The van der Waals surface area contributed by atoms with Gasteiger partial charge >= 0.3 is 5.97 Å². The largest absolute Gasteiger partial charge is 0.465 e. The molecule has 1 aliphatic heterocycles. The number of carbonyl (C=O) groups excluding carboxylic acids is 2. The minimum atomic E-state index is -0.529. The maximum atomic E-state index is 12.9. The van der Waals surface area contributed by atoms with Gasteiger partial charge in [-0.15, -0.1) is 0 Å². The van der Waals surface area contributed by atoms with Gasteiger partial charge in [0, 0.05) is 23.8 Å². The Balaban J connectivity index is 1.56. The van der Waals surface area contributed by atoms with Crippen molar-refractivity contribution in [2.75, 3.05) is 12.0 Å². The molecule has 0 aliphatic carbocycles. The molecular weight excluding hydrogens is 452 g/mol. The number of rotatable bonds is 5. The molecule has 1 aromatic heterocycles. The van der Waals surface area contributed by atoms with Crippen molar-refractivity contribution in [2.24, 2.45) is 0 Å². The van der Waals surface area contributed by atoms with Gasteiger partial charge in [-0.2, -0.15) is 0 Å². The lowest BCUT2D eigenvalue weighted by molar-refractivity contribution is -0.384. The van der Waals surface area contributed by atoms with Gasteiger partial charge in [0.1, 0.15) is 11.5 Å². The van der Waals surface area contributed by atoms with E-state index in [0.29, 0.717) is 27.7 Å². The number of nitrogens with zero attached hydrogens (tertiary/aromatic N) is 2. The van der Waals surface area contributed by atoms with Crippen LogP contribution in [0.15, 0.2) is 70.0 Å². The minimum absolute atomic E-state index is 0.130. The average Bonchev–Trinajstić information content (AvgIpc) is 3.37. The topological polar surface area (TPSA) is 103 Å². The van der Waals surface area contributed by atoms with E-state index in [1.165, 1.54) is 30.2 Å². The number of ether oxygens (including phenoxy) is 1. The normalized spacial score (nSPS) is 14.8. The van der Waals surface area contributed by atoms with Crippen LogP contribution in [0.25, 0.3) is 17.4 Å². The number of hydrogen-bond acceptors (Lipinski definition) is 8. The molecular formula is C22H14N2O6S2. The van der Waals surface area contributed by atoms with Crippen LogP contribution < -0.4 is 4.90 Å². The molecule has 3 aromatic rings. The van der Waals surface area contributed by atoms with Crippen molar-refractivity contribution >= 4 is 57.6 Å². The summed E-state index contributed by atoms with van der Waals surface area (Å²) in [6.07, 6.45) is 1.57. The number of benzene rings is 2. The number of nitro groups is 1. The van der Waals surface area contributed by atoms with Gasteiger partial charge in [0.2, 0.25) is 0 Å². The molecule has 0 radical (unpaired) electrons. The fourth-order valence-corrected chi connectivity index (χ4v) is 4.32. The zero-order valence-electron chi connectivity index (χ0n) is 16.5. The van der Waals surface area contributed by atoms with Crippen LogP contribution in [-0.4, -0.2) is 28.2 Å². The van der Waals surface area contributed by atoms with E-state index in [0.717, 1.165) is 17.3 Å². The Hall–Kier alpha value is -3.76. The predicted molar refractivity (Wildman–Crippen MR) is 124 cm³/mol. The van der Waals surface area contributed by atoms with Crippen LogP contribution in [0, 0.1) is 10.1 Å². The summed E-state index contributed by atoms with van der Waals surface area (Å²) in [5, 5.41) is 11.0. The van der Waals surface area contributed by atoms with Gasteiger partial charge < -0.3 is 9.15 Å². The van der Waals surface area contributed by atoms with Crippen LogP contribution in [0.2, 0.25) is 0 Å². The number of anilines is 1. The molecule has 0 bridgehead atoms. The molecule has 2 aromatic carbocycles. The summed E-state index contributed by atoms with van der Waals surface area (Å²) >= 11 is 6.40. The van der Waals surface area contributed by atoms with Crippen molar-refractivity contribution < 1.29 is 23.7 Å². The zero-order chi connectivity index (χ0) is 22.8. The van der Waals surface area contributed by atoms with Crippen LogP contribution in [0.5, 0.6) is 0 Å². The molecule has 8 nitrogen and oxygen atoms in total. The summed E-state index contributed by atoms with van der Waals surface area (Å²) in [5.41, 5.74) is 1.37. The van der Waals surface area contributed by atoms with Gasteiger partial charge in [-0.05, 0) is 30.3 Å². The zero-order valence-corrected chi connectivity index (χ0v) is 18.1. The summed E-state index contributed by atoms with van der Waals surface area (Å²) in [4.78, 5) is 36.6. The van der Waals surface area contributed by atoms with Crippen molar-refractivity contribution in [3.8, 4) is 11.3 Å². The number of non-ortho nitro benzene ring substituents is 1. The lowest BCUT2D eigenvalue weighted by atomic mass is 10.1. The molecule has 10 heteroatoms. The molecule has 2 heterocycles. The number of thioether (sulfide) groups is 1. The van der Waals surface area contributed by atoms with E-state index in [-0.39, 0.29) is 15.9 Å². The van der Waals surface area contributed by atoms with E-state index in [1.54, 1.807) is 48.5 Å². The Morgan fingerprint density at radius 3 is 2.62 bits per heavy atom. The maximum absolute atomic E-state index is 12.9. The van der Waals surface area contributed by atoms with E-state index in [1.807, 2.05) is 0 Å². The van der Waals surface area contributed by atoms with E-state index in [4.69, 9.17) is 16.6 Å². The maximum Gasteiger partial charge on any atom is 0.337 e. The van der Waals surface area contributed by atoms with E-state index >= 15 is 0 Å². The lowest BCUT2D eigenvalue weighted by Crippen LogP contribution is -2.27. The highest BCUT2D eigenvalue weighted by molar-refractivity contribution is 8.27. The van der Waals surface area contributed by atoms with Crippen LogP contribution in [0.1, 0.15) is 16.1 Å². The number of nitro benzene ring substituents is 1. The van der Waals surface area contributed by atoms with Gasteiger partial charge in [0.15, 0.2) is 4.32 Å². The number of methoxy groups -OCH3 is 1. The number of thiocarbonyl (C=S) groups is 1. The van der Waals surface area contributed by atoms with Crippen molar-refractivity contribution in [1.82, 2.24) is 0 Å². The average molecular weight is 466 g/mol. The lowest BCUT2D eigenvalue weighted by Gasteiger charge is -2.13. The number of amides is 1. The minimum Gasteiger partial charge on any atom is -0.465 e. The van der Waals surface area contributed by atoms with Crippen LogP contribution in [-0.2, 0) is 9.53 Å². The molecule has 0 spiro atoms. The first kappa shape index (κ1) is 21.5. The van der Waals surface area contributed by atoms with Gasteiger partial charge in [0.05, 0.1) is 28.2 Å². The highest BCUT2D eigenvalue weighted by Gasteiger charge is 2.34. The fraction of sp³-hybridized carbons (Fsp3) is 0.0455. The fourth-order valence-electron chi connectivity index (χ4n) is 3.04. The molecule has 1 aliphatic rings. The Bertz CT molecular complexity index is 1280. The van der Waals surface area contributed by atoms with Crippen LogP contribution in [0.3, 0.4) is 0 Å². The molecule has 0 unspecified atom stereocenters. The van der Waals surface area contributed by atoms with Gasteiger partial charge in [0.25, 0.3) is 11.6 Å². The Morgan fingerprint density at radius 2 is 1.94 bits per heavy atom. The molecule has 1 amide bonds. The highest BCUT2D eigenvalue weighted by atomic mass is 32.2. The summed E-state index contributed by atoms with van der Waals surface area (Å²) in [6.45, 7) is 0. The number of furan rings is 1. The van der Waals surface area contributed by atoms with Crippen molar-refractivity contribution in [2.45, 2.75) is 0 Å². The van der Waals surface area contributed by atoms with Crippen molar-refractivity contribution in [1.29, 1.82) is 0 Å². The molecule has 4 rings (SSSR count). The first-order chi connectivity index (χ1) is 15.4. The summed E-state index contributed by atoms with van der Waals surface area (Å²) < 4.78 is 10.8. The molecule has 1 saturated heterocycles. The van der Waals surface area contributed by atoms with Gasteiger partial charge in [-0.25, -0.2) is 4.79 Å². The van der Waals surface area contributed by atoms with Crippen LogP contribution in [0.4, 0.5) is 11.4 Å². The predicted octanol–water partition coefficient (Wildman–Crippen LogP) is 5.05. The molecule has 160 valence electrons. The number of esters is 1. The highest BCUT2D eigenvalue weighted by Crippen LogP contribution is 2.37. The van der Waals surface area contributed by atoms with E-state index in [2.05, 4.69) is 4.74 Å². The number of hydrogen-bond donors (Lipinski definition) is 0. The molecule has 0 atom stereocenters. The van der Waals surface area contributed by atoms with Crippen molar-refractivity contribution in [3.63, 3.8) is 0 Å². The Kier molecular flexibility index (Phi) is 5.89. The van der Waals surface area contributed by atoms with E-state index in [9.17, 15) is 19.7 Å². The monoisotopic (exact) mass is 466 g/mol. The number of carbonyl (C=O) groups is 2.